The molecule has 2 saturated carbocycles. The first kappa shape index (κ1) is 65.6. The van der Waals surface area contributed by atoms with Crippen molar-refractivity contribution < 1.29 is 86.7 Å². The van der Waals surface area contributed by atoms with Gasteiger partial charge < -0.3 is 63.3 Å². The van der Waals surface area contributed by atoms with Gasteiger partial charge in [-0.2, -0.15) is 0 Å². The van der Waals surface area contributed by atoms with Crippen molar-refractivity contribution in [2.24, 2.45) is 16.7 Å². The summed E-state index contributed by atoms with van der Waals surface area (Å²) in [4.78, 5) is 85.8. The highest BCUT2D eigenvalue weighted by atomic mass is 16.8. The fourth-order valence-electron chi connectivity index (χ4n) is 12.8. The molecule has 19 heteroatoms. The van der Waals surface area contributed by atoms with Crippen LogP contribution in [0.2, 0.25) is 0 Å². The maximum absolute atomic E-state index is 15.3. The van der Waals surface area contributed by atoms with Gasteiger partial charge in [-0.3, -0.25) is 9.59 Å². The predicted octanol–water partition coefficient (Wildman–Crippen LogP) is 9.98. The fraction of sp³-hybridized carbons (Fsp3) is 0.631. The van der Waals surface area contributed by atoms with Crippen LogP contribution in [0, 0.1) is 16.7 Å². The van der Waals surface area contributed by atoms with Gasteiger partial charge in [-0.05, 0) is 102 Å². The lowest BCUT2D eigenvalue weighted by atomic mass is 9.44. The number of nitrogens with one attached hydrogen (secondary N) is 1. The lowest BCUT2D eigenvalue weighted by Gasteiger charge is -2.67. The average Bonchev–Trinajstić information content (AvgIpc) is 0.720. The molecular formula is C65H89NO18. The molecular weight excluding hydrogens is 1080 g/mol. The number of esters is 3. The number of aliphatic hydroxyl groups excluding tert-OH is 2. The van der Waals surface area contributed by atoms with Crippen molar-refractivity contribution in [1.82, 2.24) is 5.32 Å². The summed E-state index contributed by atoms with van der Waals surface area (Å²) >= 11 is 0. The van der Waals surface area contributed by atoms with Crippen molar-refractivity contribution in [3.63, 3.8) is 0 Å². The SMILES string of the molecule is CCCC/C=C/C/C=C/CCCCCCCCC1OCC(COC(=O)O[C@@H](C(=O)O[C@H]2C[C@@]3(O)[C@@H](OC(=O)c4ccccc4)C4[C@](C)(C(=O)[C@H](O)C(=C2C)C3(C)C)[C@@H](O)C[C@H]2OC[C@@]42OC(C)=O)[C@@H](NC(=O)OC(C)(C)C)c2ccccc2)O1. The molecule has 0 aromatic heterocycles. The highest BCUT2D eigenvalue weighted by Crippen LogP contribution is 2.64. The normalized spacial score (nSPS) is 29.7. The van der Waals surface area contributed by atoms with Crippen LogP contribution < -0.4 is 5.32 Å². The molecule has 2 aliphatic heterocycles. The molecule has 19 nitrogen and oxygen atoms in total. The minimum atomic E-state index is -2.46. The van der Waals surface area contributed by atoms with E-state index in [-0.39, 0.29) is 48.5 Å². The van der Waals surface area contributed by atoms with Gasteiger partial charge in [-0.1, -0.05) is 132 Å². The van der Waals surface area contributed by atoms with Crippen LogP contribution in [0.4, 0.5) is 9.59 Å². The Kier molecular flexibility index (Phi) is 22.2. The smallest absolute Gasteiger partial charge is 0.455 e. The zero-order valence-corrected chi connectivity index (χ0v) is 50.3. The Labute approximate surface area is 494 Å². The molecule has 4 N–H and O–H groups in total. The summed E-state index contributed by atoms with van der Waals surface area (Å²) in [5.74, 6) is -5.57. The van der Waals surface area contributed by atoms with Gasteiger partial charge in [0.25, 0.3) is 0 Å². The number of amides is 1. The first-order chi connectivity index (χ1) is 39.9. The molecule has 7 rings (SSSR count). The standard InChI is InChI=1S/C65H89NO18/c1-10-11-12-13-14-15-16-17-18-19-20-21-22-23-30-35-49-76-38-45(79-49)39-77-60(74)81-53(51(43-31-26-24-27-32-43)66-59(73)84-61(4,5)6)58(72)80-46-37-65(75)56(82-57(71)44-33-28-25-29-34-44)54-63(9,55(70)52(69)50(41(46)2)62(65,7)8)47(68)36-48-64(54,40-78-48)83-42(3)67/h13-14,16-17,24-29,31-34,45-49,51-54,56,68-69,75H,10-12,15,18-23,30,35-40H2,1-9H3,(H,66,73)/b14-13+,17-16+/t45?,46-,47-,48+,49?,51-,52+,53+,54?,56-,63+,64-,65+/m0/s1. The minimum absolute atomic E-state index is 0.0508. The average molecular weight is 1170 g/mol. The third-order valence-corrected chi connectivity index (χ3v) is 17.4. The zero-order chi connectivity index (χ0) is 61.0. The molecule has 0 spiro atoms. The first-order valence-corrected chi connectivity index (χ1v) is 29.9. The first-order valence-electron chi connectivity index (χ1n) is 29.9. The van der Waals surface area contributed by atoms with Gasteiger partial charge in [0.05, 0.1) is 36.2 Å². The molecule has 0 radical (unpaired) electrons. The highest BCUT2D eigenvalue weighted by molar-refractivity contribution is 5.94. The van der Waals surface area contributed by atoms with Gasteiger partial charge in [-0.25, -0.2) is 19.2 Å². The number of ether oxygens (including phenoxy) is 9. The van der Waals surface area contributed by atoms with Gasteiger partial charge in [0, 0.05) is 25.2 Å². The number of rotatable bonds is 25. The van der Waals surface area contributed by atoms with Gasteiger partial charge >= 0.3 is 30.2 Å². The number of Topliss-reactive ketones (excluding diaryl/α,β-unsaturated/α-hetero) is 1. The van der Waals surface area contributed by atoms with E-state index in [2.05, 4.69) is 36.5 Å². The van der Waals surface area contributed by atoms with Crippen LogP contribution >= 0.6 is 0 Å². The fourth-order valence-corrected chi connectivity index (χ4v) is 12.8. The van der Waals surface area contributed by atoms with Crippen LogP contribution in [0.1, 0.15) is 174 Å². The Morgan fingerprint density at radius 2 is 1.49 bits per heavy atom. The van der Waals surface area contributed by atoms with Gasteiger partial charge in [0.15, 0.2) is 17.7 Å². The molecule has 3 unspecified atom stereocenters. The second-order valence-electron chi connectivity index (χ2n) is 24.8. The molecule has 2 heterocycles. The van der Waals surface area contributed by atoms with Crippen LogP contribution in [0.15, 0.2) is 96.1 Å². The molecule has 2 aromatic carbocycles. The summed E-state index contributed by atoms with van der Waals surface area (Å²) in [6, 6.07) is 14.4. The monoisotopic (exact) mass is 1170 g/mol. The summed E-state index contributed by atoms with van der Waals surface area (Å²) in [5.41, 5.74) is -8.77. The van der Waals surface area contributed by atoms with E-state index in [1.54, 1.807) is 69.3 Å². The number of allylic oxidation sites excluding steroid dienone is 4. The quantitative estimate of drug-likeness (QED) is 0.0312. The van der Waals surface area contributed by atoms with Crippen molar-refractivity contribution in [2.45, 2.75) is 224 Å². The molecule has 1 amide bonds. The Hall–Kier alpha value is -5.96. The van der Waals surface area contributed by atoms with E-state index in [9.17, 15) is 34.5 Å². The summed E-state index contributed by atoms with van der Waals surface area (Å²) < 4.78 is 53.8. The van der Waals surface area contributed by atoms with Gasteiger partial charge in [0.1, 0.15) is 54.4 Å². The van der Waals surface area contributed by atoms with Crippen LogP contribution in [0.5, 0.6) is 0 Å². The Balaban J connectivity index is 1.12. The maximum Gasteiger partial charge on any atom is 0.509 e. The molecule has 2 saturated heterocycles. The molecule has 462 valence electrons. The van der Waals surface area contributed by atoms with Gasteiger partial charge in [-0.15, -0.1) is 0 Å². The summed E-state index contributed by atoms with van der Waals surface area (Å²) in [6.45, 7) is 13.7. The Bertz CT molecular complexity index is 2680. The lowest BCUT2D eigenvalue weighted by Crippen LogP contribution is -2.81. The van der Waals surface area contributed by atoms with Gasteiger partial charge in [0.2, 0.25) is 6.10 Å². The number of alkyl carbamates (subject to hydrolysis) is 1. The van der Waals surface area contributed by atoms with Crippen molar-refractivity contribution in [1.29, 1.82) is 0 Å². The summed E-state index contributed by atoms with van der Waals surface area (Å²) in [5, 5.41) is 41.1. The van der Waals surface area contributed by atoms with Crippen molar-refractivity contribution in [3.05, 3.63) is 107 Å². The van der Waals surface area contributed by atoms with Crippen LogP contribution in [-0.4, -0.2) is 137 Å². The summed E-state index contributed by atoms with van der Waals surface area (Å²) in [6.07, 6.45) is 7.13. The minimum Gasteiger partial charge on any atom is -0.455 e. The van der Waals surface area contributed by atoms with E-state index in [0.29, 0.717) is 6.42 Å². The Morgan fingerprint density at radius 1 is 0.845 bits per heavy atom. The molecule has 5 aliphatic rings. The van der Waals surface area contributed by atoms with Crippen molar-refractivity contribution in [3.8, 4) is 0 Å². The van der Waals surface area contributed by atoms with E-state index in [0.717, 1.165) is 64.7 Å². The number of hydrogen-bond acceptors (Lipinski definition) is 18. The number of hydrogen-bond donors (Lipinski definition) is 4. The number of aliphatic hydroxyl groups is 3. The number of carbonyl (C=O) groups excluding carboxylic acids is 6. The maximum atomic E-state index is 15.3. The van der Waals surface area contributed by atoms with Crippen molar-refractivity contribution in [2.75, 3.05) is 19.8 Å². The number of fused-ring (bicyclic) bond motifs is 5. The largest absolute Gasteiger partial charge is 0.509 e. The molecule has 2 aromatic rings. The van der Waals surface area contributed by atoms with Crippen molar-refractivity contribution >= 4 is 35.9 Å². The van der Waals surface area contributed by atoms with E-state index in [1.807, 2.05) is 0 Å². The predicted molar refractivity (Wildman–Crippen MR) is 308 cm³/mol. The second kappa shape index (κ2) is 28.5. The topological polar surface area (TPSA) is 258 Å². The number of benzene rings is 2. The van der Waals surface area contributed by atoms with Crippen LogP contribution in [0.3, 0.4) is 0 Å². The lowest BCUT2D eigenvalue weighted by molar-refractivity contribution is -0.346. The van der Waals surface area contributed by atoms with E-state index >= 15 is 9.59 Å². The molecule has 13 atom stereocenters. The number of unbranched alkanes of at least 4 members (excludes halogenated alkanes) is 8. The van der Waals surface area contributed by atoms with Crippen LogP contribution in [0.25, 0.3) is 0 Å². The number of carbonyl (C=O) groups is 6. The van der Waals surface area contributed by atoms with E-state index in [1.165, 1.54) is 52.7 Å². The zero-order valence-electron chi connectivity index (χ0n) is 50.3. The van der Waals surface area contributed by atoms with Crippen LogP contribution in [-0.2, 0) is 57.0 Å². The summed E-state index contributed by atoms with van der Waals surface area (Å²) in [7, 11) is 0. The molecule has 2 bridgehead atoms. The second-order valence-corrected chi connectivity index (χ2v) is 24.8. The number of ketones is 1. The van der Waals surface area contributed by atoms with E-state index in [4.69, 9.17) is 42.6 Å². The third-order valence-electron chi connectivity index (χ3n) is 17.4. The molecule has 3 aliphatic carbocycles. The Morgan fingerprint density at radius 3 is 2.12 bits per heavy atom. The molecule has 4 fully saturated rings. The third kappa shape index (κ3) is 15.0. The highest BCUT2D eigenvalue weighted by Gasteiger charge is 2.78. The molecule has 84 heavy (non-hydrogen) atoms. The van der Waals surface area contributed by atoms with E-state index < -0.39 is 131 Å².